The molecule has 2 aromatic rings. The van der Waals surface area contributed by atoms with E-state index in [4.69, 9.17) is 0 Å². The minimum Gasteiger partial charge on any atom is -0.348 e. The van der Waals surface area contributed by atoms with Gasteiger partial charge in [-0.05, 0) is 24.3 Å². The molecule has 1 aromatic heterocycles. The Morgan fingerprint density at radius 2 is 2.12 bits per heavy atom. The maximum absolute atomic E-state index is 12.9. The zero-order chi connectivity index (χ0) is 11.0. The lowest BCUT2D eigenvalue weighted by Crippen LogP contribution is -2.87. The standard InChI is InChI=1S/C12H12FN3/c13-9-3-1-8(2-4-9)11-12-10(5-6-14-11)15-7-16-12/h1-4,7,11,14H,5-6H2,(H,15,16)/p+1/t11-/m1/s1. The van der Waals surface area contributed by atoms with Gasteiger partial charge in [0.1, 0.15) is 11.5 Å². The van der Waals surface area contributed by atoms with E-state index in [-0.39, 0.29) is 11.9 Å². The molecule has 0 unspecified atom stereocenters. The van der Waals surface area contributed by atoms with E-state index in [0.29, 0.717) is 0 Å². The van der Waals surface area contributed by atoms with Gasteiger partial charge in [-0.25, -0.2) is 9.37 Å². The van der Waals surface area contributed by atoms with Crippen molar-refractivity contribution in [2.24, 2.45) is 0 Å². The summed E-state index contributed by atoms with van der Waals surface area (Å²) >= 11 is 0. The van der Waals surface area contributed by atoms with Gasteiger partial charge in [-0.1, -0.05) is 0 Å². The maximum atomic E-state index is 12.9. The molecule has 0 aliphatic carbocycles. The molecule has 0 saturated heterocycles. The zero-order valence-corrected chi connectivity index (χ0v) is 8.78. The van der Waals surface area contributed by atoms with E-state index in [2.05, 4.69) is 15.3 Å². The number of aromatic amines is 1. The van der Waals surface area contributed by atoms with Crippen LogP contribution in [0.1, 0.15) is 23.0 Å². The molecule has 1 atom stereocenters. The minimum absolute atomic E-state index is 0.193. The van der Waals surface area contributed by atoms with Crippen LogP contribution in [0.15, 0.2) is 30.6 Å². The Morgan fingerprint density at radius 1 is 1.31 bits per heavy atom. The van der Waals surface area contributed by atoms with Crippen molar-refractivity contribution in [2.45, 2.75) is 12.5 Å². The molecule has 4 heteroatoms. The summed E-state index contributed by atoms with van der Waals surface area (Å²) in [6.07, 6.45) is 2.76. The molecular formula is C12H13FN3+. The van der Waals surface area contributed by atoms with Crippen LogP contribution in [0.5, 0.6) is 0 Å². The van der Waals surface area contributed by atoms with Crippen LogP contribution >= 0.6 is 0 Å². The van der Waals surface area contributed by atoms with Gasteiger partial charge in [0.25, 0.3) is 0 Å². The minimum atomic E-state index is -0.193. The van der Waals surface area contributed by atoms with Gasteiger partial charge in [-0.15, -0.1) is 0 Å². The quantitative estimate of drug-likeness (QED) is 0.729. The Kier molecular flexibility index (Phi) is 2.22. The molecule has 0 radical (unpaired) electrons. The van der Waals surface area contributed by atoms with Gasteiger partial charge >= 0.3 is 0 Å². The fourth-order valence-corrected chi connectivity index (χ4v) is 2.27. The van der Waals surface area contributed by atoms with Crippen LogP contribution in [0.2, 0.25) is 0 Å². The summed E-state index contributed by atoms with van der Waals surface area (Å²) in [7, 11) is 0. The number of nitrogens with two attached hydrogens (primary N) is 1. The summed E-state index contributed by atoms with van der Waals surface area (Å²) < 4.78 is 12.9. The Morgan fingerprint density at radius 3 is 2.94 bits per heavy atom. The molecule has 16 heavy (non-hydrogen) atoms. The predicted octanol–water partition coefficient (Wildman–Crippen LogP) is 0.758. The summed E-state index contributed by atoms with van der Waals surface area (Å²) in [5.74, 6) is -0.193. The maximum Gasteiger partial charge on any atom is 0.156 e. The van der Waals surface area contributed by atoms with Crippen LogP contribution in [0.25, 0.3) is 0 Å². The smallest absolute Gasteiger partial charge is 0.156 e. The second kappa shape index (κ2) is 3.72. The molecule has 3 nitrogen and oxygen atoms in total. The van der Waals surface area contributed by atoms with Crippen LogP contribution in [-0.2, 0) is 6.42 Å². The van der Waals surface area contributed by atoms with Crippen molar-refractivity contribution >= 4 is 0 Å². The van der Waals surface area contributed by atoms with E-state index < -0.39 is 0 Å². The fraction of sp³-hybridized carbons (Fsp3) is 0.250. The first-order valence-corrected chi connectivity index (χ1v) is 5.45. The number of H-pyrrole nitrogens is 1. The second-order valence-electron chi connectivity index (χ2n) is 4.07. The van der Waals surface area contributed by atoms with Gasteiger partial charge < -0.3 is 10.3 Å². The summed E-state index contributed by atoms with van der Waals surface area (Å²) in [5, 5.41) is 2.25. The Hall–Kier alpha value is -1.68. The van der Waals surface area contributed by atoms with E-state index >= 15 is 0 Å². The number of nitrogens with zero attached hydrogens (tertiary/aromatic N) is 1. The third-order valence-electron chi connectivity index (χ3n) is 3.07. The SMILES string of the molecule is Fc1ccc([C@H]2[NH2+]CCc3[nH]cnc32)cc1. The zero-order valence-electron chi connectivity index (χ0n) is 8.78. The van der Waals surface area contributed by atoms with Gasteiger partial charge in [0, 0.05) is 17.7 Å². The topological polar surface area (TPSA) is 45.3 Å². The summed E-state index contributed by atoms with van der Waals surface area (Å²) in [6.45, 7) is 1.04. The molecule has 0 amide bonds. The van der Waals surface area contributed by atoms with Crippen LogP contribution in [-0.4, -0.2) is 16.5 Å². The highest BCUT2D eigenvalue weighted by Gasteiger charge is 2.27. The molecule has 0 bridgehead atoms. The van der Waals surface area contributed by atoms with Gasteiger partial charge in [-0.3, -0.25) is 0 Å². The first-order chi connectivity index (χ1) is 7.84. The lowest BCUT2D eigenvalue weighted by molar-refractivity contribution is -0.690. The van der Waals surface area contributed by atoms with Crippen molar-refractivity contribution in [1.29, 1.82) is 0 Å². The van der Waals surface area contributed by atoms with Crippen LogP contribution < -0.4 is 5.32 Å². The summed E-state index contributed by atoms with van der Waals surface area (Å²) in [5.41, 5.74) is 3.39. The third-order valence-corrected chi connectivity index (χ3v) is 3.07. The molecule has 0 saturated carbocycles. The van der Waals surface area contributed by atoms with Gasteiger partial charge in [0.2, 0.25) is 0 Å². The molecule has 0 fully saturated rings. The van der Waals surface area contributed by atoms with E-state index in [1.807, 2.05) is 12.1 Å². The van der Waals surface area contributed by atoms with Crippen molar-refractivity contribution in [3.05, 3.63) is 53.4 Å². The second-order valence-corrected chi connectivity index (χ2v) is 4.07. The average molecular weight is 218 g/mol. The Labute approximate surface area is 92.7 Å². The van der Waals surface area contributed by atoms with Crippen molar-refractivity contribution in [3.8, 4) is 0 Å². The van der Waals surface area contributed by atoms with Gasteiger partial charge in [0.15, 0.2) is 6.04 Å². The van der Waals surface area contributed by atoms with Crippen molar-refractivity contribution in [3.63, 3.8) is 0 Å². The number of rotatable bonds is 1. The molecule has 82 valence electrons. The van der Waals surface area contributed by atoms with Crippen molar-refractivity contribution in [2.75, 3.05) is 6.54 Å². The van der Waals surface area contributed by atoms with E-state index in [9.17, 15) is 4.39 Å². The molecule has 0 spiro atoms. The first-order valence-electron chi connectivity index (χ1n) is 5.45. The van der Waals surface area contributed by atoms with Crippen molar-refractivity contribution < 1.29 is 9.71 Å². The highest BCUT2D eigenvalue weighted by Crippen LogP contribution is 2.21. The first kappa shape index (κ1) is 9.54. The highest BCUT2D eigenvalue weighted by molar-refractivity contribution is 5.29. The van der Waals surface area contributed by atoms with Gasteiger partial charge in [0.05, 0.1) is 12.9 Å². The number of nitrogens with one attached hydrogen (secondary N) is 1. The fourth-order valence-electron chi connectivity index (χ4n) is 2.27. The predicted molar refractivity (Wildman–Crippen MR) is 57.3 cm³/mol. The number of aromatic nitrogens is 2. The summed E-state index contributed by atoms with van der Waals surface area (Å²) in [4.78, 5) is 7.52. The highest BCUT2D eigenvalue weighted by atomic mass is 19.1. The van der Waals surface area contributed by atoms with Gasteiger partial charge in [-0.2, -0.15) is 0 Å². The monoisotopic (exact) mass is 218 g/mol. The van der Waals surface area contributed by atoms with Crippen LogP contribution in [0, 0.1) is 5.82 Å². The van der Waals surface area contributed by atoms with Crippen molar-refractivity contribution in [1.82, 2.24) is 9.97 Å². The Balaban J connectivity index is 2.00. The molecule has 1 aliphatic rings. The lowest BCUT2D eigenvalue weighted by atomic mass is 9.98. The van der Waals surface area contributed by atoms with Crippen LogP contribution in [0.3, 0.4) is 0 Å². The molecule has 2 heterocycles. The van der Waals surface area contributed by atoms with E-state index in [1.165, 1.54) is 17.8 Å². The molecule has 3 N–H and O–H groups in total. The molecule has 1 aromatic carbocycles. The molecule has 3 rings (SSSR count). The van der Waals surface area contributed by atoms with E-state index in [0.717, 1.165) is 24.2 Å². The number of halogens is 1. The normalized spacial score (nSPS) is 19.4. The number of hydrogen-bond acceptors (Lipinski definition) is 1. The number of hydrogen-bond donors (Lipinski definition) is 2. The Bertz CT molecular complexity index is 489. The number of benzene rings is 1. The number of quaternary nitrogens is 1. The van der Waals surface area contributed by atoms with E-state index in [1.54, 1.807) is 6.33 Å². The average Bonchev–Trinajstić information content (AvgIpc) is 2.78. The number of fused-ring (bicyclic) bond motifs is 1. The third kappa shape index (κ3) is 1.51. The molecular weight excluding hydrogens is 205 g/mol. The summed E-state index contributed by atoms with van der Waals surface area (Å²) in [6, 6.07) is 6.88. The lowest BCUT2D eigenvalue weighted by Gasteiger charge is -2.19. The van der Waals surface area contributed by atoms with Crippen LogP contribution in [0.4, 0.5) is 4.39 Å². The molecule has 1 aliphatic heterocycles. The largest absolute Gasteiger partial charge is 0.348 e. The number of imidazole rings is 1.